The first-order valence-electron chi connectivity index (χ1n) is 19.4. The van der Waals surface area contributed by atoms with Gasteiger partial charge in [-0.3, -0.25) is 29.0 Å². The van der Waals surface area contributed by atoms with Crippen molar-refractivity contribution in [2.24, 2.45) is 5.41 Å². The van der Waals surface area contributed by atoms with Crippen molar-refractivity contribution in [1.29, 1.82) is 0 Å². The fourth-order valence-corrected chi connectivity index (χ4v) is 8.38. The summed E-state index contributed by atoms with van der Waals surface area (Å²) in [4.78, 5) is 59.4. The number of fused-ring (bicyclic) bond motifs is 2. The minimum atomic E-state index is -0.624. The summed E-state index contributed by atoms with van der Waals surface area (Å²) in [6.07, 6.45) is 9.63. The van der Waals surface area contributed by atoms with Gasteiger partial charge in [0, 0.05) is 39.6 Å². The fourth-order valence-electron chi connectivity index (χ4n) is 8.38. The molecule has 0 fully saturated rings. The quantitative estimate of drug-likeness (QED) is 0.0424. The van der Waals surface area contributed by atoms with Crippen molar-refractivity contribution < 1.29 is 19.2 Å². The van der Waals surface area contributed by atoms with Crippen LogP contribution in [0.5, 0.6) is 0 Å². The van der Waals surface area contributed by atoms with Gasteiger partial charge >= 0.3 is 0 Å². The minimum absolute atomic E-state index is 0.256. The average Bonchev–Trinajstić information content (AvgIpc) is 3.15. The number of carbonyl (C=O) groups is 4. The normalized spacial score (nSPS) is 14.4. The van der Waals surface area contributed by atoms with E-state index in [4.69, 9.17) is 0 Å². The zero-order chi connectivity index (χ0) is 38.1. The Hall–Kier alpha value is -5.64. The molecule has 5 aromatic carbocycles. The summed E-state index contributed by atoms with van der Waals surface area (Å²) < 4.78 is 0. The highest BCUT2D eigenvalue weighted by molar-refractivity contribution is 6.41. The van der Waals surface area contributed by atoms with Crippen LogP contribution < -0.4 is 0 Å². The van der Waals surface area contributed by atoms with Crippen molar-refractivity contribution in [3.8, 4) is 35.5 Å². The van der Waals surface area contributed by atoms with Crippen LogP contribution in [0.15, 0.2) is 48.5 Å². The Bertz CT molecular complexity index is 2430. The highest BCUT2D eigenvalue weighted by atomic mass is 16.2. The maximum Gasteiger partial charge on any atom is 0.262 e. The summed E-state index contributed by atoms with van der Waals surface area (Å²) in [6.45, 7) is 11.0. The molecule has 0 N–H and O–H groups in total. The average molecular weight is 715 g/mol. The molecule has 6 nitrogen and oxygen atoms in total. The van der Waals surface area contributed by atoms with E-state index in [-0.39, 0.29) is 29.0 Å². The number of benzene rings is 5. The highest BCUT2D eigenvalue weighted by Crippen LogP contribution is 2.46. The van der Waals surface area contributed by atoms with Crippen LogP contribution in [-0.2, 0) is 0 Å². The monoisotopic (exact) mass is 714 g/mol. The summed E-state index contributed by atoms with van der Waals surface area (Å²) in [5, 5.41) is 6.50. The van der Waals surface area contributed by atoms with Crippen molar-refractivity contribution >= 4 is 66.7 Å². The lowest BCUT2D eigenvalue weighted by atomic mass is 9.82. The summed E-state index contributed by atoms with van der Waals surface area (Å²) >= 11 is 0. The van der Waals surface area contributed by atoms with Crippen LogP contribution in [0.1, 0.15) is 140 Å². The molecule has 2 heterocycles. The fraction of sp³-hybridized carbons (Fsp3) is 0.375. The Morgan fingerprint density at radius 1 is 0.556 bits per heavy atom. The Morgan fingerprint density at radius 3 is 1.54 bits per heavy atom. The first-order chi connectivity index (χ1) is 26.1. The van der Waals surface area contributed by atoms with Gasteiger partial charge in [-0.05, 0) is 112 Å². The van der Waals surface area contributed by atoms with Gasteiger partial charge in [0.05, 0.1) is 0 Å². The van der Waals surface area contributed by atoms with E-state index in [0.717, 1.165) is 90.1 Å². The van der Waals surface area contributed by atoms with Crippen LogP contribution in [0.2, 0.25) is 0 Å². The molecule has 272 valence electrons. The third kappa shape index (κ3) is 6.48. The van der Waals surface area contributed by atoms with Crippen LogP contribution in [0, 0.1) is 40.9 Å². The molecule has 5 aromatic rings. The van der Waals surface area contributed by atoms with Gasteiger partial charge in [0.2, 0.25) is 0 Å². The minimum Gasteiger partial charge on any atom is -0.274 e. The molecule has 0 saturated heterocycles. The Kier molecular flexibility index (Phi) is 10.2. The molecule has 4 amide bonds. The number of unbranched alkanes of at least 4 members (excludes halogenated alkanes) is 6. The SMILES string of the molecule is CC#CC#CC#CC(CCCCCCC)N1C(=O)c2ccc3c4ccc5c6c(ccc(c7ccc(c2c37)C1=O)c64)C(=O)N(CCCCCC(C)(C)C)C5=O. The third-order valence-corrected chi connectivity index (χ3v) is 11.0. The van der Waals surface area contributed by atoms with Gasteiger partial charge in [0.15, 0.2) is 0 Å². The lowest BCUT2D eigenvalue weighted by Gasteiger charge is -2.32. The topological polar surface area (TPSA) is 74.8 Å². The van der Waals surface area contributed by atoms with E-state index in [1.54, 1.807) is 6.92 Å². The molecule has 0 aromatic heterocycles. The number of carbonyl (C=O) groups excluding carboxylic acids is 4. The maximum atomic E-state index is 14.4. The van der Waals surface area contributed by atoms with Crippen LogP contribution >= 0.6 is 0 Å². The lowest BCUT2D eigenvalue weighted by molar-refractivity contribution is 0.0563. The van der Waals surface area contributed by atoms with Crippen LogP contribution in [0.3, 0.4) is 0 Å². The van der Waals surface area contributed by atoms with Gasteiger partial charge in [-0.1, -0.05) is 109 Å². The standard InChI is InChI=1S/C48H46N2O4/c1-6-8-10-12-15-19-31(20-16-13-11-9-7-2)50-46(53)38-27-23-34-32-21-25-36-42-37(45(52)49(44(36)51)30-18-14-17-29-48(3,4)5)26-22-33(40(32)42)35-24-28-39(47(50)54)43(38)41(34)35/h21-28,31H,6,8,10,12,14-15,17-19,29-30H2,1-5H3. The number of nitrogens with zero attached hydrogens (tertiary/aromatic N) is 2. The van der Waals surface area contributed by atoms with Gasteiger partial charge < -0.3 is 0 Å². The zero-order valence-electron chi connectivity index (χ0n) is 32.0. The second kappa shape index (κ2) is 15.0. The molecular formula is C48H46N2O4. The van der Waals surface area contributed by atoms with Crippen LogP contribution in [-0.4, -0.2) is 46.0 Å². The smallest absolute Gasteiger partial charge is 0.262 e. The zero-order valence-corrected chi connectivity index (χ0v) is 32.0. The first kappa shape index (κ1) is 36.7. The molecule has 6 heteroatoms. The molecule has 2 aliphatic rings. The number of hydrogen-bond donors (Lipinski definition) is 0. The molecule has 0 saturated carbocycles. The molecule has 54 heavy (non-hydrogen) atoms. The number of hydrogen-bond acceptors (Lipinski definition) is 4. The number of amides is 4. The predicted octanol–water partition coefficient (Wildman–Crippen LogP) is 10.3. The second-order valence-electron chi connectivity index (χ2n) is 15.9. The van der Waals surface area contributed by atoms with E-state index in [1.807, 2.05) is 48.5 Å². The van der Waals surface area contributed by atoms with E-state index in [9.17, 15) is 19.2 Å². The van der Waals surface area contributed by atoms with Gasteiger partial charge in [-0.15, -0.1) is 0 Å². The van der Waals surface area contributed by atoms with E-state index >= 15 is 0 Å². The second-order valence-corrected chi connectivity index (χ2v) is 15.9. The molecule has 7 rings (SSSR count). The summed E-state index contributed by atoms with van der Waals surface area (Å²) in [6, 6.07) is 14.5. The summed E-state index contributed by atoms with van der Waals surface area (Å²) in [7, 11) is 0. The predicted molar refractivity (Wildman–Crippen MR) is 218 cm³/mol. The van der Waals surface area contributed by atoms with E-state index in [2.05, 4.69) is 63.2 Å². The molecule has 1 unspecified atom stereocenters. The molecule has 2 aliphatic heterocycles. The van der Waals surface area contributed by atoms with Gasteiger partial charge in [0.1, 0.15) is 6.04 Å². The Labute approximate surface area is 318 Å². The highest BCUT2D eigenvalue weighted by Gasteiger charge is 2.39. The van der Waals surface area contributed by atoms with E-state index < -0.39 is 6.04 Å². The van der Waals surface area contributed by atoms with Crippen molar-refractivity contribution in [2.45, 2.75) is 105 Å². The molecular weight excluding hydrogens is 669 g/mol. The molecule has 0 spiro atoms. The lowest BCUT2D eigenvalue weighted by Crippen LogP contribution is -2.46. The van der Waals surface area contributed by atoms with Crippen molar-refractivity contribution in [2.75, 3.05) is 6.54 Å². The molecule has 0 radical (unpaired) electrons. The maximum absolute atomic E-state index is 14.4. The van der Waals surface area contributed by atoms with Crippen LogP contribution in [0.4, 0.5) is 0 Å². The number of imide groups is 2. The molecule has 0 aliphatic carbocycles. The summed E-state index contributed by atoms with van der Waals surface area (Å²) in [5.41, 5.74) is 2.24. The Balaban J connectivity index is 1.28. The molecule has 0 bridgehead atoms. The van der Waals surface area contributed by atoms with Gasteiger partial charge in [-0.25, -0.2) is 0 Å². The van der Waals surface area contributed by atoms with Crippen molar-refractivity contribution in [3.05, 3.63) is 70.8 Å². The van der Waals surface area contributed by atoms with Gasteiger partial charge in [-0.2, -0.15) is 0 Å². The van der Waals surface area contributed by atoms with Crippen molar-refractivity contribution in [1.82, 2.24) is 9.80 Å². The van der Waals surface area contributed by atoms with Crippen LogP contribution in [0.25, 0.3) is 43.1 Å². The third-order valence-electron chi connectivity index (χ3n) is 11.0. The summed E-state index contributed by atoms with van der Waals surface area (Å²) in [5.74, 6) is 15.6. The number of rotatable bonds is 12. The van der Waals surface area contributed by atoms with Crippen molar-refractivity contribution in [3.63, 3.8) is 0 Å². The molecule has 1 atom stereocenters. The first-order valence-corrected chi connectivity index (χ1v) is 19.4. The largest absolute Gasteiger partial charge is 0.274 e. The van der Waals surface area contributed by atoms with E-state index in [0.29, 0.717) is 46.0 Å². The van der Waals surface area contributed by atoms with E-state index in [1.165, 1.54) is 9.80 Å². The Morgan fingerprint density at radius 2 is 1.04 bits per heavy atom. The van der Waals surface area contributed by atoms with Gasteiger partial charge in [0.25, 0.3) is 23.6 Å².